The van der Waals surface area contributed by atoms with E-state index in [0.29, 0.717) is 5.41 Å². The van der Waals surface area contributed by atoms with Crippen molar-refractivity contribution in [2.24, 2.45) is 11.3 Å². The van der Waals surface area contributed by atoms with Crippen molar-refractivity contribution in [1.29, 1.82) is 0 Å². The lowest BCUT2D eigenvalue weighted by molar-refractivity contribution is 0.205. The molecule has 1 nitrogen and oxygen atoms in total. The lowest BCUT2D eigenvalue weighted by Gasteiger charge is -2.32. The van der Waals surface area contributed by atoms with Gasteiger partial charge in [0.25, 0.3) is 0 Å². The number of hydrogen-bond acceptors (Lipinski definition) is 1. The van der Waals surface area contributed by atoms with Crippen molar-refractivity contribution in [2.75, 3.05) is 6.54 Å². The van der Waals surface area contributed by atoms with Crippen LogP contribution in [0.5, 0.6) is 0 Å². The fourth-order valence-electron chi connectivity index (χ4n) is 3.27. The first-order valence-electron chi connectivity index (χ1n) is 6.05. The molecule has 1 unspecified atom stereocenters. The molecule has 0 aromatic heterocycles. The van der Waals surface area contributed by atoms with Crippen LogP contribution >= 0.6 is 22.9 Å². The van der Waals surface area contributed by atoms with Gasteiger partial charge in [0, 0.05) is 35.5 Å². The normalized spacial score (nSPS) is 33.0. The zero-order valence-electron chi connectivity index (χ0n) is 9.43. The predicted octanol–water partition coefficient (Wildman–Crippen LogP) is 4.02. The number of halogens is 1. The summed E-state index contributed by atoms with van der Waals surface area (Å²) in [5, 5.41) is 0. The minimum Gasteiger partial charge on any atom is -0.244 e. The second kappa shape index (κ2) is 4.28. The molecule has 1 aliphatic heterocycles. The van der Waals surface area contributed by atoms with Gasteiger partial charge in [-0.1, -0.05) is 33.1 Å². The van der Waals surface area contributed by atoms with Gasteiger partial charge in [-0.2, -0.15) is 0 Å². The summed E-state index contributed by atoms with van der Waals surface area (Å²) in [6.07, 6.45) is 8.90. The minimum atomic E-state index is 0.717. The van der Waals surface area contributed by atoms with Gasteiger partial charge in [0.05, 0.1) is 0 Å². The second-order valence-corrected chi connectivity index (χ2v) is 6.87. The topological polar surface area (TPSA) is 3.24 Å². The largest absolute Gasteiger partial charge is 0.244 e. The molecule has 1 atom stereocenters. The van der Waals surface area contributed by atoms with Crippen LogP contribution in [0.15, 0.2) is 0 Å². The molecule has 0 amide bonds. The van der Waals surface area contributed by atoms with E-state index >= 15 is 0 Å². The van der Waals surface area contributed by atoms with E-state index in [1.165, 1.54) is 45.1 Å². The molecule has 2 heteroatoms. The highest BCUT2D eigenvalue weighted by Crippen LogP contribution is 2.48. The molecule has 0 bridgehead atoms. The zero-order chi connectivity index (χ0) is 10.2. The maximum atomic E-state index is 2.59. The van der Waals surface area contributed by atoms with Gasteiger partial charge in [-0.3, -0.25) is 0 Å². The van der Waals surface area contributed by atoms with Crippen molar-refractivity contribution < 1.29 is 0 Å². The first kappa shape index (κ1) is 11.2. The van der Waals surface area contributed by atoms with E-state index in [1.807, 2.05) is 0 Å². The number of nitrogens with zero attached hydrogens (tertiary/aromatic N) is 1. The van der Waals surface area contributed by atoms with E-state index in [9.17, 15) is 0 Å². The molecule has 0 aromatic rings. The van der Waals surface area contributed by atoms with Crippen LogP contribution in [0.2, 0.25) is 0 Å². The lowest BCUT2D eigenvalue weighted by atomic mass is 9.72. The van der Waals surface area contributed by atoms with E-state index in [-0.39, 0.29) is 0 Å². The van der Waals surface area contributed by atoms with E-state index in [4.69, 9.17) is 0 Å². The molecule has 1 saturated heterocycles. The van der Waals surface area contributed by atoms with E-state index in [0.717, 1.165) is 12.0 Å². The van der Waals surface area contributed by atoms with Crippen LogP contribution in [-0.2, 0) is 0 Å². The van der Waals surface area contributed by atoms with E-state index < -0.39 is 0 Å². The van der Waals surface area contributed by atoms with Crippen molar-refractivity contribution >= 4 is 22.9 Å². The molecule has 0 radical (unpaired) electrons. The quantitative estimate of drug-likeness (QED) is 0.522. The SMILES string of the molecule is CC(C)C1CC2(CCCCC2)CN1I. The molecule has 1 heterocycles. The molecular weight excluding hydrogens is 285 g/mol. The number of hydrogen-bond donors (Lipinski definition) is 0. The van der Waals surface area contributed by atoms with E-state index in [2.05, 4.69) is 39.8 Å². The Bertz CT molecular complexity index is 196. The summed E-state index contributed by atoms with van der Waals surface area (Å²) in [6.45, 7) is 6.10. The molecule has 1 aliphatic carbocycles. The van der Waals surface area contributed by atoms with Crippen LogP contribution in [-0.4, -0.2) is 15.7 Å². The molecule has 1 spiro atoms. The Morgan fingerprint density at radius 1 is 1.21 bits per heavy atom. The summed E-state index contributed by atoms with van der Waals surface area (Å²) in [5.74, 6) is 0.827. The molecular formula is C12H22IN. The van der Waals surface area contributed by atoms with Crippen molar-refractivity contribution in [3.63, 3.8) is 0 Å². The standard InChI is InChI=1S/C12H22IN/c1-10(2)11-8-12(9-14(11)13)6-4-3-5-7-12/h10-11H,3-9H2,1-2H3. The van der Waals surface area contributed by atoms with Crippen LogP contribution in [0, 0.1) is 11.3 Å². The number of rotatable bonds is 1. The lowest BCUT2D eigenvalue weighted by Crippen LogP contribution is -2.25. The van der Waals surface area contributed by atoms with Gasteiger partial charge in [-0.05, 0) is 30.6 Å². The Morgan fingerprint density at radius 2 is 1.86 bits per heavy atom. The molecule has 0 N–H and O–H groups in total. The smallest absolute Gasteiger partial charge is 0.0223 e. The fraction of sp³-hybridized carbons (Fsp3) is 1.00. The molecule has 82 valence electrons. The van der Waals surface area contributed by atoms with Gasteiger partial charge in [0.15, 0.2) is 0 Å². The van der Waals surface area contributed by atoms with Gasteiger partial charge < -0.3 is 0 Å². The summed E-state index contributed by atoms with van der Waals surface area (Å²) in [5.41, 5.74) is 0.717. The minimum absolute atomic E-state index is 0.717. The molecule has 14 heavy (non-hydrogen) atoms. The van der Waals surface area contributed by atoms with Crippen LogP contribution < -0.4 is 0 Å². The van der Waals surface area contributed by atoms with Crippen molar-refractivity contribution in [1.82, 2.24) is 3.11 Å². The van der Waals surface area contributed by atoms with Crippen LogP contribution in [0.25, 0.3) is 0 Å². The Hall–Kier alpha value is 0.690. The Morgan fingerprint density at radius 3 is 2.36 bits per heavy atom. The summed E-state index contributed by atoms with van der Waals surface area (Å²) in [7, 11) is 0. The van der Waals surface area contributed by atoms with Crippen molar-refractivity contribution in [2.45, 2.75) is 58.4 Å². The maximum absolute atomic E-state index is 2.59. The molecule has 1 saturated carbocycles. The monoisotopic (exact) mass is 307 g/mol. The fourth-order valence-corrected chi connectivity index (χ4v) is 4.83. The molecule has 2 fully saturated rings. The third-order valence-corrected chi connectivity index (χ3v) is 5.23. The van der Waals surface area contributed by atoms with Gasteiger partial charge in [0.1, 0.15) is 0 Å². The molecule has 2 aliphatic rings. The summed E-state index contributed by atoms with van der Waals surface area (Å²) < 4.78 is 2.59. The van der Waals surface area contributed by atoms with Crippen LogP contribution in [0.1, 0.15) is 52.4 Å². The highest BCUT2D eigenvalue weighted by atomic mass is 127. The summed E-state index contributed by atoms with van der Waals surface area (Å²) in [6, 6.07) is 0.841. The third-order valence-electron chi connectivity index (χ3n) is 4.17. The highest BCUT2D eigenvalue weighted by molar-refractivity contribution is 14.1. The average Bonchev–Trinajstić information content (AvgIpc) is 2.44. The molecule has 0 aromatic carbocycles. The maximum Gasteiger partial charge on any atom is 0.0223 e. The Labute approximate surface area is 102 Å². The van der Waals surface area contributed by atoms with Crippen LogP contribution in [0.3, 0.4) is 0 Å². The van der Waals surface area contributed by atoms with Crippen molar-refractivity contribution in [3.8, 4) is 0 Å². The Balaban J connectivity index is 2.03. The molecule has 2 rings (SSSR count). The summed E-state index contributed by atoms with van der Waals surface area (Å²) >= 11 is 2.55. The average molecular weight is 307 g/mol. The van der Waals surface area contributed by atoms with Crippen LogP contribution in [0.4, 0.5) is 0 Å². The second-order valence-electron chi connectivity index (χ2n) is 5.63. The Kier molecular flexibility index (Phi) is 3.42. The van der Waals surface area contributed by atoms with Gasteiger partial charge in [-0.25, -0.2) is 3.11 Å². The zero-order valence-corrected chi connectivity index (χ0v) is 11.6. The van der Waals surface area contributed by atoms with Crippen molar-refractivity contribution in [3.05, 3.63) is 0 Å². The summed E-state index contributed by atoms with van der Waals surface area (Å²) in [4.78, 5) is 0. The third kappa shape index (κ3) is 2.11. The van der Waals surface area contributed by atoms with Gasteiger partial charge >= 0.3 is 0 Å². The van der Waals surface area contributed by atoms with Gasteiger partial charge in [-0.15, -0.1) is 0 Å². The first-order valence-corrected chi connectivity index (χ1v) is 7.02. The van der Waals surface area contributed by atoms with E-state index in [1.54, 1.807) is 0 Å². The van der Waals surface area contributed by atoms with Gasteiger partial charge in [0.2, 0.25) is 0 Å². The first-order chi connectivity index (χ1) is 6.63. The highest BCUT2D eigenvalue weighted by Gasteiger charge is 2.44. The predicted molar refractivity (Wildman–Crippen MR) is 69.5 cm³/mol.